The predicted molar refractivity (Wildman–Crippen MR) is 60.1 cm³/mol. The number of rotatable bonds is 2. The van der Waals surface area contributed by atoms with Gasteiger partial charge in [0.25, 0.3) is 0 Å². The Labute approximate surface area is 89.7 Å². The lowest BCUT2D eigenvalue weighted by atomic mass is 10.1. The molecule has 0 aromatic carbocycles. The van der Waals surface area contributed by atoms with Gasteiger partial charge in [-0.05, 0) is 26.2 Å². The molecule has 0 heterocycles. The Morgan fingerprint density at radius 3 is 2.92 bits per heavy atom. The highest BCUT2D eigenvalue weighted by atomic mass is 79.9. The molecule has 2 heteroatoms. The first kappa shape index (κ1) is 11.3. The Hall–Kier alpha value is 0.180. The number of ether oxygens (including phenoxy) is 1. The Balaban J connectivity index is 2.48. The molecule has 0 saturated carbocycles. The van der Waals surface area contributed by atoms with Crippen molar-refractivity contribution in [1.82, 2.24) is 0 Å². The largest absolute Gasteiger partial charge is 0.373 e. The van der Waals surface area contributed by atoms with E-state index < -0.39 is 0 Å². The van der Waals surface area contributed by atoms with Gasteiger partial charge in [-0.3, -0.25) is 0 Å². The second-order valence-corrected chi connectivity index (χ2v) is 4.44. The first-order valence-electron chi connectivity index (χ1n) is 5.31. The summed E-state index contributed by atoms with van der Waals surface area (Å²) in [6.45, 7) is 2.88. The van der Waals surface area contributed by atoms with Gasteiger partial charge in [0.05, 0.1) is 6.10 Å². The number of hydrogen-bond acceptors (Lipinski definition) is 1. The highest BCUT2D eigenvalue weighted by Gasteiger charge is 2.12. The molecule has 0 aromatic heterocycles. The van der Waals surface area contributed by atoms with Crippen LogP contribution < -0.4 is 0 Å². The fraction of sp³-hybridized carbons (Fsp3) is 0.818. The van der Waals surface area contributed by atoms with Gasteiger partial charge >= 0.3 is 0 Å². The Kier molecular flexibility index (Phi) is 5.72. The summed E-state index contributed by atoms with van der Waals surface area (Å²) in [6, 6.07) is 0. The van der Waals surface area contributed by atoms with E-state index in [-0.39, 0.29) is 0 Å². The fourth-order valence-corrected chi connectivity index (χ4v) is 2.29. The molecular weight excluding hydrogens is 228 g/mol. The zero-order valence-corrected chi connectivity index (χ0v) is 9.98. The van der Waals surface area contributed by atoms with Crippen molar-refractivity contribution in [2.24, 2.45) is 0 Å². The van der Waals surface area contributed by atoms with Gasteiger partial charge in [0.1, 0.15) is 0 Å². The van der Waals surface area contributed by atoms with Crippen LogP contribution in [0.5, 0.6) is 0 Å². The van der Waals surface area contributed by atoms with Crippen LogP contribution in [0.2, 0.25) is 0 Å². The molecule has 1 atom stereocenters. The van der Waals surface area contributed by atoms with Crippen LogP contribution in [0.4, 0.5) is 0 Å². The van der Waals surface area contributed by atoms with Crippen molar-refractivity contribution in [3.05, 3.63) is 10.6 Å². The SMILES string of the molecule is CCOC1CCCCCC/C=C/1Br. The molecule has 1 nitrogen and oxygen atoms in total. The summed E-state index contributed by atoms with van der Waals surface area (Å²) in [5.74, 6) is 0. The molecule has 0 fully saturated rings. The smallest absolute Gasteiger partial charge is 0.0886 e. The summed E-state index contributed by atoms with van der Waals surface area (Å²) in [4.78, 5) is 0. The lowest BCUT2D eigenvalue weighted by molar-refractivity contribution is 0.0865. The molecule has 0 spiro atoms. The predicted octanol–water partition coefficient (Wildman–Crippen LogP) is 4.02. The van der Waals surface area contributed by atoms with Gasteiger partial charge in [-0.25, -0.2) is 0 Å². The van der Waals surface area contributed by atoms with Crippen molar-refractivity contribution in [2.45, 2.75) is 51.6 Å². The van der Waals surface area contributed by atoms with Crippen LogP contribution in [0.15, 0.2) is 10.6 Å². The average Bonchev–Trinajstić information content (AvgIpc) is 2.21. The molecule has 0 aromatic rings. The Morgan fingerprint density at radius 1 is 1.38 bits per heavy atom. The standard InChI is InChI=1S/C11H19BrO/c1-2-13-11-9-7-5-3-4-6-8-10(11)12/h8,11H,2-7,9H2,1H3/b10-8-. The zero-order chi connectivity index (χ0) is 9.52. The average molecular weight is 247 g/mol. The maximum atomic E-state index is 5.67. The summed E-state index contributed by atoms with van der Waals surface area (Å²) < 4.78 is 6.93. The summed E-state index contributed by atoms with van der Waals surface area (Å²) in [7, 11) is 0. The van der Waals surface area contributed by atoms with Gasteiger partial charge in [-0.1, -0.05) is 41.3 Å². The van der Waals surface area contributed by atoms with Crippen LogP contribution in [0.25, 0.3) is 0 Å². The first-order chi connectivity index (χ1) is 6.34. The molecule has 0 saturated heterocycles. The van der Waals surface area contributed by atoms with Gasteiger partial charge < -0.3 is 4.74 Å². The highest BCUT2D eigenvalue weighted by Crippen LogP contribution is 2.23. The van der Waals surface area contributed by atoms with Crippen LogP contribution >= 0.6 is 15.9 Å². The lowest BCUT2D eigenvalue weighted by Gasteiger charge is -2.15. The van der Waals surface area contributed by atoms with E-state index in [0.717, 1.165) is 6.61 Å². The van der Waals surface area contributed by atoms with Crippen molar-refractivity contribution in [1.29, 1.82) is 0 Å². The summed E-state index contributed by atoms with van der Waals surface area (Å²) in [6.07, 6.45) is 10.3. The van der Waals surface area contributed by atoms with Crippen LogP contribution in [0, 0.1) is 0 Å². The second kappa shape index (κ2) is 6.61. The topological polar surface area (TPSA) is 9.23 Å². The molecule has 1 rings (SSSR count). The minimum absolute atomic E-state index is 0.322. The van der Waals surface area contributed by atoms with E-state index in [0.29, 0.717) is 6.10 Å². The fourth-order valence-electron chi connectivity index (χ4n) is 1.70. The lowest BCUT2D eigenvalue weighted by Crippen LogP contribution is -2.12. The van der Waals surface area contributed by atoms with Crippen LogP contribution in [0.3, 0.4) is 0 Å². The molecule has 1 unspecified atom stereocenters. The third-order valence-electron chi connectivity index (χ3n) is 2.44. The monoisotopic (exact) mass is 246 g/mol. The van der Waals surface area contributed by atoms with Crippen molar-refractivity contribution >= 4 is 15.9 Å². The molecule has 1 aliphatic rings. The number of halogens is 1. The molecule has 1 aliphatic carbocycles. The molecule has 0 aliphatic heterocycles. The van der Waals surface area contributed by atoms with E-state index in [2.05, 4.69) is 28.9 Å². The summed E-state index contributed by atoms with van der Waals surface area (Å²) in [5.41, 5.74) is 0. The van der Waals surface area contributed by atoms with Crippen LogP contribution in [0.1, 0.15) is 45.4 Å². The Bertz CT molecular complexity index is 165. The number of allylic oxidation sites excluding steroid dienone is 1. The van der Waals surface area contributed by atoms with Gasteiger partial charge in [0, 0.05) is 11.1 Å². The van der Waals surface area contributed by atoms with Crippen molar-refractivity contribution < 1.29 is 4.74 Å². The minimum Gasteiger partial charge on any atom is -0.373 e. The van der Waals surface area contributed by atoms with Crippen molar-refractivity contribution in [3.63, 3.8) is 0 Å². The molecule has 76 valence electrons. The first-order valence-corrected chi connectivity index (χ1v) is 6.11. The molecule has 0 bridgehead atoms. The van der Waals surface area contributed by atoms with Crippen molar-refractivity contribution in [2.75, 3.05) is 6.61 Å². The third kappa shape index (κ3) is 4.28. The molecule has 0 radical (unpaired) electrons. The van der Waals surface area contributed by atoms with Gasteiger partial charge in [0.15, 0.2) is 0 Å². The second-order valence-electron chi connectivity index (χ2n) is 3.52. The summed E-state index contributed by atoms with van der Waals surface area (Å²) in [5, 5.41) is 0. The van der Waals surface area contributed by atoms with E-state index in [1.54, 1.807) is 0 Å². The molecule has 13 heavy (non-hydrogen) atoms. The van der Waals surface area contributed by atoms with Crippen molar-refractivity contribution in [3.8, 4) is 0 Å². The number of hydrogen-bond donors (Lipinski definition) is 0. The Morgan fingerprint density at radius 2 is 2.15 bits per heavy atom. The normalized spacial score (nSPS) is 29.7. The van der Waals surface area contributed by atoms with E-state index in [1.165, 1.54) is 43.0 Å². The van der Waals surface area contributed by atoms with E-state index in [9.17, 15) is 0 Å². The maximum absolute atomic E-state index is 5.67. The molecule has 0 N–H and O–H groups in total. The van der Waals surface area contributed by atoms with Gasteiger partial charge in [0.2, 0.25) is 0 Å². The van der Waals surface area contributed by atoms with Gasteiger partial charge in [-0.2, -0.15) is 0 Å². The van der Waals surface area contributed by atoms with E-state index >= 15 is 0 Å². The van der Waals surface area contributed by atoms with E-state index in [1.807, 2.05) is 0 Å². The zero-order valence-electron chi connectivity index (χ0n) is 8.39. The molecule has 0 amide bonds. The minimum atomic E-state index is 0.322. The third-order valence-corrected chi connectivity index (χ3v) is 3.27. The summed E-state index contributed by atoms with van der Waals surface area (Å²) >= 11 is 3.61. The quantitative estimate of drug-likeness (QED) is 0.716. The van der Waals surface area contributed by atoms with Crippen LogP contribution in [-0.2, 0) is 4.74 Å². The van der Waals surface area contributed by atoms with E-state index in [4.69, 9.17) is 4.74 Å². The van der Waals surface area contributed by atoms with Gasteiger partial charge in [-0.15, -0.1) is 0 Å². The van der Waals surface area contributed by atoms with Crippen LogP contribution in [-0.4, -0.2) is 12.7 Å². The highest BCUT2D eigenvalue weighted by molar-refractivity contribution is 9.11. The maximum Gasteiger partial charge on any atom is 0.0886 e. The molecular formula is C11H19BrO.